The van der Waals surface area contributed by atoms with Crippen molar-refractivity contribution in [2.45, 2.75) is 45.1 Å². The van der Waals surface area contributed by atoms with Crippen LogP contribution in [-0.2, 0) is 11.2 Å². The lowest BCUT2D eigenvalue weighted by Crippen LogP contribution is -2.37. The van der Waals surface area contributed by atoms with Gasteiger partial charge >= 0.3 is 0 Å². The van der Waals surface area contributed by atoms with Gasteiger partial charge in [-0.05, 0) is 56.0 Å². The van der Waals surface area contributed by atoms with E-state index >= 15 is 0 Å². The van der Waals surface area contributed by atoms with Crippen molar-refractivity contribution in [1.29, 1.82) is 0 Å². The van der Waals surface area contributed by atoms with Crippen LogP contribution in [0.4, 0.5) is 0 Å². The molecule has 2 heterocycles. The molecule has 1 aliphatic heterocycles. The Morgan fingerprint density at radius 2 is 2.50 bits per heavy atom. The summed E-state index contributed by atoms with van der Waals surface area (Å²) in [7, 11) is 0. The van der Waals surface area contributed by atoms with E-state index in [2.05, 4.69) is 29.8 Å². The van der Waals surface area contributed by atoms with Crippen LogP contribution in [-0.4, -0.2) is 25.8 Å². The van der Waals surface area contributed by atoms with Crippen molar-refractivity contribution in [2.75, 3.05) is 19.8 Å². The van der Waals surface area contributed by atoms with Gasteiger partial charge in [-0.3, -0.25) is 0 Å². The lowest BCUT2D eigenvalue weighted by Gasteiger charge is -2.23. The Labute approximate surface area is 115 Å². The molecule has 2 nitrogen and oxygen atoms in total. The molecule has 1 saturated heterocycles. The maximum Gasteiger partial charge on any atom is 0.0510 e. The summed E-state index contributed by atoms with van der Waals surface area (Å²) in [5.41, 5.74) is 0. The van der Waals surface area contributed by atoms with Crippen molar-refractivity contribution in [1.82, 2.24) is 5.32 Å². The van der Waals surface area contributed by atoms with E-state index in [1.165, 1.54) is 37.0 Å². The molecule has 0 aliphatic carbocycles. The highest BCUT2D eigenvalue weighted by atomic mass is 32.1. The lowest BCUT2D eigenvalue weighted by molar-refractivity contribution is 0.174. The SMILES string of the molecule is CCCNC(CCCc1cccs1)C1CCOC1. The second-order valence-electron chi connectivity index (χ2n) is 5.16. The third-order valence-corrected chi connectivity index (χ3v) is 4.65. The Balaban J connectivity index is 1.73. The molecule has 0 amide bonds. The summed E-state index contributed by atoms with van der Waals surface area (Å²) in [5, 5.41) is 5.89. The average molecular weight is 267 g/mol. The van der Waals surface area contributed by atoms with Crippen molar-refractivity contribution in [3.8, 4) is 0 Å². The normalized spacial score (nSPS) is 21.3. The van der Waals surface area contributed by atoms with E-state index in [0.717, 1.165) is 25.7 Å². The molecule has 1 N–H and O–H groups in total. The molecule has 102 valence electrons. The van der Waals surface area contributed by atoms with E-state index in [0.29, 0.717) is 6.04 Å². The van der Waals surface area contributed by atoms with E-state index < -0.39 is 0 Å². The molecule has 1 aromatic heterocycles. The molecule has 0 spiro atoms. The third-order valence-electron chi connectivity index (χ3n) is 3.71. The van der Waals surface area contributed by atoms with E-state index in [9.17, 15) is 0 Å². The van der Waals surface area contributed by atoms with Gasteiger partial charge in [-0.15, -0.1) is 11.3 Å². The summed E-state index contributed by atoms with van der Waals surface area (Å²) >= 11 is 1.88. The first kappa shape index (κ1) is 14.0. The van der Waals surface area contributed by atoms with Gasteiger partial charge in [-0.1, -0.05) is 13.0 Å². The average Bonchev–Trinajstić information content (AvgIpc) is 3.05. The summed E-state index contributed by atoms with van der Waals surface area (Å²) in [4.78, 5) is 1.52. The first-order chi connectivity index (χ1) is 8.90. The largest absolute Gasteiger partial charge is 0.381 e. The minimum Gasteiger partial charge on any atom is -0.381 e. The Bertz CT molecular complexity index is 306. The molecule has 1 fully saturated rings. The monoisotopic (exact) mass is 267 g/mol. The summed E-state index contributed by atoms with van der Waals surface area (Å²) in [6.45, 7) is 5.29. The second-order valence-corrected chi connectivity index (χ2v) is 6.19. The fraction of sp³-hybridized carbons (Fsp3) is 0.733. The second kappa shape index (κ2) is 7.93. The molecule has 0 bridgehead atoms. The highest BCUT2D eigenvalue weighted by Crippen LogP contribution is 2.21. The van der Waals surface area contributed by atoms with Crippen LogP contribution in [0.1, 0.15) is 37.5 Å². The van der Waals surface area contributed by atoms with Crippen molar-refractivity contribution in [2.24, 2.45) is 5.92 Å². The highest BCUT2D eigenvalue weighted by molar-refractivity contribution is 7.09. The molecule has 2 atom stereocenters. The molecule has 1 aliphatic rings. The zero-order chi connectivity index (χ0) is 12.6. The number of nitrogens with one attached hydrogen (secondary N) is 1. The van der Waals surface area contributed by atoms with Gasteiger partial charge in [0.25, 0.3) is 0 Å². The van der Waals surface area contributed by atoms with Crippen molar-refractivity contribution >= 4 is 11.3 Å². The van der Waals surface area contributed by atoms with Gasteiger partial charge in [0.05, 0.1) is 6.61 Å². The summed E-state index contributed by atoms with van der Waals surface area (Å²) in [5.74, 6) is 0.736. The number of hydrogen-bond donors (Lipinski definition) is 1. The molecule has 2 unspecified atom stereocenters. The zero-order valence-electron chi connectivity index (χ0n) is 11.4. The number of ether oxygens (including phenoxy) is 1. The Kier molecular flexibility index (Phi) is 6.18. The Morgan fingerprint density at radius 3 is 3.17 bits per heavy atom. The summed E-state index contributed by atoms with van der Waals surface area (Å²) in [6.07, 6.45) is 6.26. The van der Waals surface area contributed by atoms with Crippen LogP contribution in [0, 0.1) is 5.92 Å². The van der Waals surface area contributed by atoms with E-state index in [4.69, 9.17) is 4.74 Å². The van der Waals surface area contributed by atoms with Gasteiger partial charge < -0.3 is 10.1 Å². The molecular formula is C15H25NOS. The quantitative estimate of drug-likeness (QED) is 0.778. The summed E-state index contributed by atoms with van der Waals surface area (Å²) < 4.78 is 5.53. The van der Waals surface area contributed by atoms with Crippen LogP contribution in [0.5, 0.6) is 0 Å². The molecular weight excluding hydrogens is 242 g/mol. The van der Waals surface area contributed by atoms with Crippen molar-refractivity contribution < 1.29 is 4.74 Å². The van der Waals surface area contributed by atoms with Gasteiger partial charge in [-0.2, -0.15) is 0 Å². The Morgan fingerprint density at radius 1 is 1.56 bits per heavy atom. The third kappa shape index (κ3) is 4.38. The van der Waals surface area contributed by atoms with Crippen LogP contribution in [0.2, 0.25) is 0 Å². The fourth-order valence-corrected chi connectivity index (χ4v) is 3.41. The number of thiophene rings is 1. The Hall–Kier alpha value is -0.380. The molecule has 0 radical (unpaired) electrons. The van der Waals surface area contributed by atoms with Gasteiger partial charge in [0.1, 0.15) is 0 Å². The fourth-order valence-electron chi connectivity index (χ4n) is 2.66. The topological polar surface area (TPSA) is 21.3 Å². The van der Waals surface area contributed by atoms with Crippen LogP contribution < -0.4 is 5.32 Å². The van der Waals surface area contributed by atoms with Crippen LogP contribution >= 0.6 is 11.3 Å². The number of aryl methyl sites for hydroxylation is 1. The molecule has 1 aromatic rings. The minimum atomic E-state index is 0.660. The summed E-state index contributed by atoms with van der Waals surface area (Å²) in [6, 6.07) is 5.06. The molecule has 0 aromatic carbocycles. The smallest absolute Gasteiger partial charge is 0.0510 e. The number of hydrogen-bond acceptors (Lipinski definition) is 3. The van der Waals surface area contributed by atoms with Gasteiger partial charge in [-0.25, -0.2) is 0 Å². The van der Waals surface area contributed by atoms with Gasteiger partial charge in [0.2, 0.25) is 0 Å². The van der Waals surface area contributed by atoms with Gasteiger partial charge in [0, 0.05) is 17.5 Å². The maximum absolute atomic E-state index is 5.53. The van der Waals surface area contributed by atoms with E-state index in [-0.39, 0.29) is 0 Å². The van der Waals surface area contributed by atoms with E-state index in [1.807, 2.05) is 11.3 Å². The molecule has 18 heavy (non-hydrogen) atoms. The molecule has 0 saturated carbocycles. The van der Waals surface area contributed by atoms with E-state index in [1.54, 1.807) is 0 Å². The molecule has 2 rings (SSSR count). The predicted molar refractivity (Wildman–Crippen MR) is 78.3 cm³/mol. The minimum absolute atomic E-state index is 0.660. The standard InChI is InChI=1S/C15H25NOS/c1-2-9-16-15(13-8-10-17-12-13)7-3-5-14-6-4-11-18-14/h4,6,11,13,15-16H,2-3,5,7-10,12H2,1H3. The molecule has 3 heteroatoms. The maximum atomic E-state index is 5.53. The van der Waals surface area contributed by atoms with Gasteiger partial charge in [0.15, 0.2) is 0 Å². The van der Waals surface area contributed by atoms with Crippen LogP contribution in [0.15, 0.2) is 17.5 Å². The first-order valence-electron chi connectivity index (χ1n) is 7.23. The van der Waals surface area contributed by atoms with Crippen molar-refractivity contribution in [3.63, 3.8) is 0 Å². The highest BCUT2D eigenvalue weighted by Gasteiger charge is 2.24. The van der Waals surface area contributed by atoms with Crippen LogP contribution in [0.3, 0.4) is 0 Å². The zero-order valence-corrected chi connectivity index (χ0v) is 12.2. The first-order valence-corrected chi connectivity index (χ1v) is 8.11. The van der Waals surface area contributed by atoms with Crippen LogP contribution in [0.25, 0.3) is 0 Å². The number of rotatable bonds is 8. The van der Waals surface area contributed by atoms with Crippen molar-refractivity contribution in [3.05, 3.63) is 22.4 Å². The predicted octanol–water partition coefficient (Wildman–Crippen LogP) is 3.48. The lowest BCUT2D eigenvalue weighted by atomic mass is 9.94.